The normalized spacial score (nSPS) is 15.6. The highest BCUT2D eigenvalue weighted by Crippen LogP contribution is 2.27. The van der Waals surface area contributed by atoms with Gasteiger partial charge in [-0.2, -0.15) is 0 Å². The molecule has 1 heterocycles. The summed E-state index contributed by atoms with van der Waals surface area (Å²) < 4.78 is 9.86. The molecule has 0 bridgehead atoms. The second-order valence-corrected chi connectivity index (χ2v) is 7.24. The first-order valence-corrected chi connectivity index (χ1v) is 9.97. The first-order valence-electron chi connectivity index (χ1n) is 9.56. The Morgan fingerprint density at radius 1 is 1.13 bits per heavy atom. The van der Waals surface area contributed by atoms with Crippen molar-refractivity contribution < 1.29 is 23.9 Å². The van der Waals surface area contributed by atoms with Gasteiger partial charge >= 0.3 is 5.97 Å². The second kappa shape index (κ2) is 9.57. The van der Waals surface area contributed by atoms with E-state index in [4.69, 9.17) is 17.0 Å². The van der Waals surface area contributed by atoms with Crippen molar-refractivity contribution in [2.45, 2.75) is 19.0 Å². The largest absolute Gasteiger partial charge is 0.497 e. The SMILES string of the molecule is CNC(=S)N(Cc1ccc(OC)cc1)[C@H]1CC(=O)N(c2ccc(C(=O)OC)cc2)C1=O. The number of thiocarbonyl (C=S) groups is 1. The molecule has 0 aromatic heterocycles. The van der Waals surface area contributed by atoms with E-state index in [0.29, 0.717) is 22.9 Å². The molecular formula is C22H23N3O5S. The molecule has 2 aromatic carbocycles. The van der Waals surface area contributed by atoms with Gasteiger partial charge in [0.05, 0.1) is 31.9 Å². The number of rotatable bonds is 6. The van der Waals surface area contributed by atoms with Crippen LogP contribution in [0.4, 0.5) is 5.69 Å². The molecule has 1 atom stereocenters. The predicted molar refractivity (Wildman–Crippen MR) is 119 cm³/mol. The van der Waals surface area contributed by atoms with E-state index in [2.05, 4.69) is 10.1 Å². The fraction of sp³-hybridized carbons (Fsp3) is 0.273. The van der Waals surface area contributed by atoms with Crippen LogP contribution in [-0.4, -0.2) is 55.1 Å². The smallest absolute Gasteiger partial charge is 0.337 e. The Bertz CT molecular complexity index is 991. The van der Waals surface area contributed by atoms with E-state index in [9.17, 15) is 14.4 Å². The molecule has 1 fully saturated rings. The molecule has 0 aliphatic carbocycles. The van der Waals surface area contributed by atoms with E-state index in [1.807, 2.05) is 24.3 Å². The molecule has 1 N–H and O–H groups in total. The number of nitrogens with one attached hydrogen (secondary N) is 1. The van der Waals surface area contributed by atoms with E-state index in [0.717, 1.165) is 16.2 Å². The Morgan fingerprint density at radius 2 is 1.77 bits per heavy atom. The van der Waals surface area contributed by atoms with Crippen LogP contribution in [0, 0.1) is 0 Å². The molecule has 0 saturated carbocycles. The summed E-state index contributed by atoms with van der Waals surface area (Å²) in [6.45, 7) is 0.350. The van der Waals surface area contributed by atoms with Gasteiger partial charge in [-0.3, -0.25) is 9.59 Å². The lowest BCUT2D eigenvalue weighted by molar-refractivity contribution is -0.122. The molecule has 1 aliphatic rings. The zero-order valence-electron chi connectivity index (χ0n) is 17.5. The van der Waals surface area contributed by atoms with Crippen LogP contribution in [0.5, 0.6) is 5.75 Å². The molecule has 31 heavy (non-hydrogen) atoms. The van der Waals surface area contributed by atoms with Gasteiger partial charge in [0.15, 0.2) is 5.11 Å². The average Bonchev–Trinajstić information content (AvgIpc) is 3.10. The number of nitrogens with zero attached hydrogens (tertiary/aromatic N) is 2. The minimum absolute atomic E-state index is 0.00440. The molecule has 0 spiro atoms. The highest BCUT2D eigenvalue weighted by Gasteiger charge is 2.43. The standard InChI is InChI=1S/C22H23N3O5S/c1-23-22(31)24(13-14-4-10-17(29-2)11-5-14)18-12-19(26)25(20(18)27)16-8-6-15(7-9-16)21(28)30-3/h4-11,18H,12-13H2,1-3H3,(H,23,31)/t18-/m0/s1. The zero-order chi connectivity index (χ0) is 22.5. The molecule has 8 nitrogen and oxygen atoms in total. The fourth-order valence-corrected chi connectivity index (χ4v) is 3.58. The van der Waals surface area contributed by atoms with Gasteiger partial charge in [0.1, 0.15) is 11.8 Å². The van der Waals surface area contributed by atoms with Crippen molar-refractivity contribution in [3.8, 4) is 5.75 Å². The number of esters is 1. The number of carbonyl (C=O) groups is 3. The number of carbonyl (C=O) groups excluding carboxylic acids is 3. The number of anilines is 1. The summed E-state index contributed by atoms with van der Waals surface area (Å²) in [4.78, 5) is 40.4. The molecule has 162 valence electrons. The maximum Gasteiger partial charge on any atom is 0.337 e. The van der Waals surface area contributed by atoms with Crippen molar-refractivity contribution in [1.82, 2.24) is 10.2 Å². The molecule has 2 aromatic rings. The van der Waals surface area contributed by atoms with Crippen molar-refractivity contribution in [3.05, 3.63) is 59.7 Å². The lowest BCUT2D eigenvalue weighted by Crippen LogP contribution is -2.48. The van der Waals surface area contributed by atoms with Gasteiger partial charge < -0.3 is 19.7 Å². The summed E-state index contributed by atoms with van der Waals surface area (Å²) in [5, 5.41) is 3.27. The summed E-state index contributed by atoms with van der Waals surface area (Å²) in [6.07, 6.45) is -0.00440. The maximum atomic E-state index is 13.2. The number of methoxy groups -OCH3 is 2. The van der Waals surface area contributed by atoms with Gasteiger partial charge in [0.25, 0.3) is 5.91 Å². The third kappa shape index (κ3) is 4.66. The number of ether oxygens (including phenoxy) is 2. The quantitative estimate of drug-likeness (QED) is 0.414. The summed E-state index contributed by atoms with van der Waals surface area (Å²) in [5.41, 5.74) is 1.64. The van der Waals surface area contributed by atoms with Gasteiger partial charge in [-0.15, -0.1) is 0 Å². The van der Waals surface area contributed by atoms with Crippen LogP contribution >= 0.6 is 12.2 Å². The Kier molecular flexibility index (Phi) is 6.86. The summed E-state index contributed by atoms with van der Waals surface area (Å²) >= 11 is 5.42. The Hall–Kier alpha value is -3.46. The van der Waals surface area contributed by atoms with Crippen molar-refractivity contribution in [2.75, 3.05) is 26.2 Å². The van der Waals surface area contributed by atoms with E-state index in [1.165, 1.54) is 19.2 Å². The van der Waals surface area contributed by atoms with Crippen LogP contribution in [0.25, 0.3) is 0 Å². The fourth-order valence-electron chi connectivity index (χ4n) is 3.39. The number of hydrogen-bond donors (Lipinski definition) is 1. The number of hydrogen-bond acceptors (Lipinski definition) is 6. The van der Waals surface area contributed by atoms with Gasteiger partial charge in [-0.1, -0.05) is 12.1 Å². The van der Waals surface area contributed by atoms with Gasteiger partial charge in [-0.25, -0.2) is 9.69 Å². The van der Waals surface area contributed by atoms with Crippen molar-refractivity contribution >= 4 is 40.8 Å². The van der Waals surface area contributed by atoms with Gasteiger partial charge in [-0.05, 0) is 54.2 Å². The lowest BCUT2D eigenvalue weighted by Gasteiger charge is -2.29. The third-order valence-electron chi connectivity index (χ3n) is 5.03. The minimum atomic E-state index is -0.741. The van der Waals surface area contributed by atoms with Crippen LogP contribution in [0.1, 0.15) is 22.3 Å². The Balaban J connectivity index is 1.84. The molecule has 0 radical (unpaired) electrons. The highest BCUT2D eigenvalue weighted by atomic mass is 32.1. The first-order chi connectivity index (χ1) is 14.9. The second-order valence-electron chi connectivity index (χ2n) is 6.86. The maximum absolute atomic E-state index is 13.2. The summed E-state index contributed by atoms with van der Waals surface area (Å²) in [5.74, 6) is -0.477. The Morgan fingerprint density at radius 3 is 2.32 bits per heavy atom. The van der Waals surface area contributed by atoms with E-state index in [-0.39, 0.29) is 18.2 Å². The predicted octanol–water partition coefficient (Wildman–Crippen LogP) is 2.12. The molecule has 3 rings (SSSR count). The minimum Gasteiger partial charge on any atom is -0.497 e. The third-order valence-corrected chi connectivity index (χ3v) is 5.47. The number of benzene rings is 2. The van der Waals surface area contributed by atoms with Crippen LogP contribution in [0.3, 0.4) is 0 Å². The lowest BCUT2D eigenvalue weighted by atomic mass is 10.1. The highest BCUT2D eigenvalue weighted by molar-refractivity contribution is 7.80. The Labute approximate surface area is 185 Å². The van der Waals surface area contributed by atoms with Gasteiger partial charge in [0, 0.05) is 13.6 Å². The van der Waals surface area contributed by atoms with Crippen molar-refractivity contribution in [1.29, 1.82) is 0 Å². The molecular weight excluding hydrogens is 418 g/mol. The van der Waals surface area contributed by atoms with Crippen molar-refractivity contribution in [2.24, 2.45) is 0 Å². The van der Waals surface area contributed by atoms with Gasteiger partial charge in [0.2, 0.25) is 5.91 Å². The van der Waals surface area contributed by atoms with Crippen LogP contribution in [0.2, 0.25) is 0 Å². The summed E-state index contributed by atoms with van der Waals surface area (Å²) in [7, 11) is 4.55. The average molecular weight is 442 g/mol. The molecule has 9 heteroatoms. The molecule has 1 saturated heterocycles. The van der Waals surface area contributed by atoms with E-state index < -0.39 is 12.0 Å². The summed E-state index contributed by atoms with van der Waals surface area (Å²) in [6, 6.07) is 12.8. The van der Waals surface area contributed by atoms with Crippen LogP contribution in [-0.2, 0) is 20.9 Å². The monoisotopic (exact) mass is 441 g/mol. The topological polar surface area (TPSA) is 88.2 Å². The molecule has 1 aliphatic heterocycles. The van der Waals surface area contributed by atoms with E-state index in [1.54, 1.807) is 31.2 Å². The molecule has 0 unspecified atom stereocenters. The number of imide groups is 1. The van der Waals surface area contributed by atoms with E-state index >= 15 is 0 Å². The first kappa shape index (κ1) is 22.2. The zero-order valence-corrected chi connectivity index (χ0v) is 18.3. The molecule has 2 amide bonds. The van der Waals surface area contributed by atoms with Crippen LogP contribution < -0.4 is 15.0 Å². The van der Waals surface area contributed by atoms with Crippen molar-refractivity contribution in [3.63, 3.8) is 0 Å². The number of amides is 2. The van der Waals surface area contributed by atoms with Crippen LogP contribution in [0.15, 0.2) is 48.5 Å².